The Bertz CT molecular complexity index is 745. The van der Waals surface area contributed by atoms with Crippen LogP contribution in [0.3, 0.4) is 0 Å². The molecule has 0 saturated carbocycles. The second kappa shape index (κ2) is 6.15. The maximum absolute atomic E-state index is 13.3. The van der Waals surface area contributed by atoms with Gasteiger partial charge in [0.15, 0.2) is 11.6 Å². The summed E-state index contributed by atoms with van der Waals surface area (Å²) in [5, 5.41) is 16.8. The Morgan fingerprint density at radius 2 is 1.83 bits per heavy atom. The number of nitro groups is 1. The van der Waals surface area contributed by atoms with Crippen LogP contribution in [0.4, 0.5) is 31.8 Å². The van der Waals surface area contributed by atoms with E-state index in [0.717, 1.165) is 12.1 Å². The number of halogens is 2. The second-order valence-electron chi connectivity index (χ2n) is 5.95. The zero-order valence-corrected chi connectivity index (χ0v) is 12.9. The minimum atomic E-state index is -1.05. The third-order valence-electron chi connectivity index (χ3n) is 2.76. The van der Waals surface area contributed by atoms with Crippen molar-refractivity contribution in [3.05, 3.63) is 52.1 Å². The maximum atomic E-state index is 13.3. The molecule has 1 aromatic carbocycles. The second-order valence-corrected chi connectivity index (χ2v) is 5.95. The van der Waals surface area contributed by atoms with Gasteiger partial charge < -0.3 is 10.6 Å². The van der Waals surface area contributed by atoms with Gasteiger partial charge >= 0.3 is 5.69 Å². The summed E-state index contributed by atoms with van der Waals surface area (Å²) in [6, 6.07) is 5.89. The molecule has 122 valence electrons. The van der Waals surface area contributed by atoms with Crippen LogP contribution in [0.5, 0.6) is 0 Å². The summed E-state index contributed by atoms with van der Waals surface area (Å²) in [4.78, 5) is 14.6. The SMILES string of the molecule is CC(C)(C)Nc1ccc([N+](=O)[O-])c(Nc2ccc(F)c(F)c2)n1. The molecule has 2 rings (SSSR count). The first-order valence-corrected chi connectivity index (χ1v) is 6.81. The highest BCUT2D eigenvalue weighted by atomic mass is 19.2. The van der Waals surface area contributed by atoms with E-state index in [1.807, 2.05) is 20.8 Å². The summed E-state index contributed by atoms with van der Waals surface area (Å²) >= 11 is 0. The van der Waals surface area contributed by atoms with E-state index in [-0.39, 0.29) is 22.7 Å². The minimum absolute atomic E-state index is 0.0599. The lowest BCUT2D eigenvalue weighted by molar-refractivity contribution is -0.384. The number of anilines is 3. The molecule has 0 saturated heterocycles. The molecule has 6 nitrogen and oxygen atoms in total. The Balaban J connectivity index is 2.38. The Morgan fingerprint density at radius 3 is 2.39 bits per heavy atom. The number of pyridine rings is 1. The summed E-state index contributed by atoms with van der Waals surface area (Å²) in [5.74, 6) is -1.69. The number of rotatable bonds is 4. The van der Waals surface area contributed by atoms with Crippen LogP contribution in [-0.2, 0) is 0 Å². The van der Waals surface area contributed by atoms with Crippen LogP contribution < -0.4 is 10.6 Å². The quantitative estimate of drug-likeness (QED) is 0.650. The topological polar surface area (TPSA) is 80.1 Å². The van der Waals surface area contributed by atoms with Crippen LogP contribution in [0.25, 0.3) is 0 Å². The fraction of sp³-hybridized carbons (Fsp3) is 0.267. The number of nitrogens with one attached hydrogen (secondary N) is 2. The molecule has 0 unspecified atom stereocenters. The third kappa shape index (κ3) is 4.35. The summed E-state index contributed by atoms with van der Waals surface area (Å²) in [7, 11) is 0. The highest BCUT2D eigenvalue weighted by Gasteiger charge is 2.19. The maximum Gasteiger partial charge on any atom is 0.311 e. The summed E-state index contributed by atoms with van der Waals surface area (Å²) in [5.41, 5.74) is -0.399. The predicted molar refractivity (Wildman–Crippen MR) is 83.9 cm³/mol. The van der Waals surface area contributed by atoms with Crippen molar-refractivity contribution in [2.75, 3.05) is 10.6 Å². The first-order valence-electron chi connectivity index (χ1n) is 6.81. The Kier molecular flexibility index (Phi) is 4.44. The Morgan fingerprint density at radius 1 is 1.13 bits per heavy atom. The molecule has 1 aromatic heterocycles. The van der Waals surface area contributed by atoms with E-state index in [1.54, 1.807) is 0 Å². The van der Waals surface area contributed by atoms with Crippen LogP contribution in [0, 0.1) is 21.7 Å². The molecule has 2 aromatic rings. The lowest BCUT2D eigenvalue weighted by Crippen LogP contribution is -2.26. The Hall–Kier alpha value is -2.77. The molecule has 0 bridgehead atoms. The van der Waals surface area contributed by atoms with E-state index in [4.69, 9.17) is 0 Å². The molecule has 0 radical (unpaired) electrons. The average Bonchev–Trinajstić information content (AvgIpc) is 2.41. The van der Waals surface area contributed by atoms with Crippen molar-refractivity contribution >= 4 is 23.0 Å². The van der Waals surface area contributed by atoms with Crippen molar-refractivity contribution in [3.8, 4) is 0 Å². The van der Waals surface area contributed by atoms with Crippen molar-refractivity contribution in [2.45, 2.75) is 26.3 Å². The summed E-state index contributed by atoms with van der Waals surface area (Å²) in [6.45, 7) is 5.75. The van der Waals surface area contributed by atoms with Crippen LogP contribution in [0.1, 0.15) is 20.8 Å². The Labute approximate surface area is 131 Å². The van der Waals surface area contributed by atoms with Crippen LogP contribution in [0.15, 0.2) is 30.3 Å². The van der Waals surface area contributed by atoms with Crippen molar-refractivity contribution in [1.29, 1.82) is 0 Å². The fourth-order valence-corrected chi connectivity index (χ4v) is 1.86. The van der Waals surface area contributed by atoms with Gasteiger partial charge in [-0.25, -0.2) is 13.8 Å². The van der Waals surface area contributed by atoms with Crippen molar-refractivity contribution in [3.63, 3.8) is 0 Å². The largest absolute Gasteiger partial charge is 0.365 e. The first-order chi connectivity index (χ1) is 10.7. The molecule has 0 atom stereocenters. The number of aromatic nitrogens is 1. The molecule has 0 spiro atoms. The minimum Gasteiger partial charge on any atom is -0.365 e. The smallest absolute Gasteiger partial charge is 0.311 e. The van der Waals surface area contributed by atoms with Gasteiger partial charge in [0.25, 0.3) is 0 Å². The molecule has 23 heavy (non-hydrogen) atoms. The number of hydrogen-bond acceptors (Lipinski definition) is 5. The monoisotopic (exact) mass is 322 g/mol. The van der Waals surface area contributed by atoms with E-state index < -0.39 is 16.6 Å². The van der Waals surface area contributed by atoms with Gasteiger partial charge in [-0.2, -0.15) is 0 Å². The molecule has 8 heteroatoms. The van der Waals surface area contributed by atoms with Gasteiger partial charge in [-0.05, 0) is 39.0 Å². The van der Waals surface area contributed by atoms with Crippen LogP contribution in [-0.4, -0.2) is 15.4 Å². The lowest BCUT2D eigenvalue weighted by Gasteiger charge is -2.21. The van der Waals surface area contributed by atoms with Crippen molar-refractivity contribution in [2.24, 2.45) is 0 Å². The highest BCUT2D eigenvalue weighted by Crippen LogP contribution is 2.28. The zero-order chi connectivity index (χ0) is 17.2. The van der Waals surface area contributed by atoms with E-state index >= 15 is 0 Å². The standard InChI is InChI=1S/C15H16F2N4O2/c1-15(2,3)20-13-7-6-12(21(22)23)14(19-13)18-9-4-5-10(16)11(17)8-9/h4-8H,1-3H3,(H2,18,19,20). The van der Waals surface area contributed by atoms with Gasteiger partial charge in [0.05, 0.1) is 4.92 Å². The van der Waals surface area contributed by atoms with Gasteiger partial charge in [-0.3, -0.25) is 10.1 Å². The predicted octanol–water partition coefficient (Wildman–Crippen LogP) is 4.22. The third-order valence-corrected chi connectivity index (χ3v) is 2.76. The van der Waals surface area contributed by atoms with E-state index in [9.17, 15) is 18.9 Å². The van der Waals surface area contributed by atoms with E-state index in [0.29, 0.717) is 5.82 Å². The molecular formula is C15H16F2N4O2. The highest BCUT2D eigenvalue weighted by molar-refractivity contribution is 5.67. The van der Waals surface area contributed by atoms with Crippen molar-refractivity contribution in [1.82, 2.24) is 4.98 Å². The van der Waals surface area contributed by atoms with Gasteiger partial charge in [0, 0.05) is 23.4 Å². The first kappa shape index (κ1) is 16.6. The van der Waals surface area contributed by atoms with Crippen molar-refractivity contribution < 1.29 is 13.7 Å². The molecule has 0 fully saturated rings. The number of benzene rings is 1. The van der Waals surface area contributed by atoms with Gasteiger partial charge in [0.1, 0.15) is 5.82 Å². The molecule has 0 aliphatic heterocycles. The fourth-order valence-electron chi connectivity index (χ4n) is 1.86. The normalized spacial score (nSPS) is 11.2. The molecule has 0 amide bonds. The lowest BCUT2D eigenvalue weighted by atomic mass is 10.1. The molecule has 1 heterocycles. The van der Waals surface area contributed by atoms with Crippen LogP contribution >= 0.6 is 0 Å². The molecule has 2 N–H and O–H groups in total. The number of hydrogen-bond donors (Lipinski definition) is 2. The molecule has 0 aliphatic rings. The molecule has 0 aliphatic carbocycles. The molecular weight excluding hydrogens is 306 g/mol. The van der Waals surface area contributed by atoms with E-state index in [2.05, 4.69) is 15.6 Å². The van der Waals surface area contributed by atoms with Crippen LogP contribution in [0.2, 0.25) is 0 Å². The average molecular weight is 322 g/mol. The zero-order valence-electron chi connectivity index (χ0n) is 12.9. The van der Waals surface area contributed by atoms with Gasteiger partial charge in [-0.15, -0.1) is 0 Å². The van der Waals surface area contributed by atoms with Gasteiger partial charge in [-0.1, -0.05) is 0 Å². The summed E-state index contributed by atoms with van der Waals surface area (Å²) < 4.78 is 26.2. The summed E-state index contributed by atoms with van der Waals surface area (Å²) in [6.07, 6.45) is 0. The van der Waals surface area contributed by atoms with E-state index in [1.165, 1.54) is 18.2 Å². The number of nitrogens with zero attached hydrogens (tertiary/aromatic N) is 2. The van der Waals surface area contributed by atoms with Gasteiger partial charge in [0.2, 0.25) is 5.82 Å².